The summed E-state index contributed by atoms with van der Waals surface area (Å²) in [7, 11) is 0. The first kappa shape index (κ1) is 62.1. The van der Waals surface area contributed by atoms with E-state index in [2.05, 4.69) is 130 Å². The first-order chi connectivity index (χ1) is 32.5. The average molecular weight is 915 g/mol. The van der Waals surface area contributed by atoms with E-state index in [0.717, 1.165) is 116 Å². The molecule has 0 fully saturated rings. The Balaban J connectivity index is 4.39. The Morgan fingerprint density at radius 1 is 0.318 bits per heavy atom. The van der Waals surface area contributed by atoms with Crippen LogP contribution in [-0.4, -0.2) is 37.2 Å². The number of carbonyl (C=O) groups is 3. The van der Waals surface area contributed by atoms with Gasteiger partial charge in [-0.3, -0.25) is 14.4 Å². The Bertz CT molecular complexity index is 1370. The molecule has 0 bridgehead atoms. The minimum absolute atomic E-state index is 0.0986. The van der Waals surface area contributed by atoms with Crippen molar-refractivity contribution < 1.29 is 28.6 Å². The molecule has 1 unspecified atom stereocenters. The summed E-state index contributed by atoms with van der Waals surface area (Å²) in [6, 6.07) is 0. The van der Waals surface area contributed by atoms with E-state index in [1.807, 2.05) is 0 Å². The molecule has 0 aromatic carbocycles. The van der Waals surface area contributed by atoms with E-state index >= 15 is 0 Å². The number of unbranched alkanes of at least 4 members (excludes halogenated alkanes) is 18. The molecule has 0 saturated carbocycles. The maximum Gasteiger partial charge on any atom is 0.306 e. The third kappa shape index (κ3) is 51.1. The molecule has 0 aromatic heterocycles. The SMILES string of the molecule is CC/C=C\C/C=C\C/C=C\C/C=C\C/C=C\CCCCCCCCCC(=O)OCC(COC(=O)CCCCCCCCCCCC)OC(=O)CCCC/C=C\C/C=C\C/C=C\C/C=C\CC. The Labute approximate surface area is 406 Å². The third-order valence-electron chi connectivity index (χ3n) is 11.0. The highest BCUT2D eigenvalue weighted by Crippen LogP contribution is 2.14. The molecule has 66 heavy (non-hydrogen) atoms. The number of allylic oxidation sites excluding steroid dienone is 18. The van der Waals surface area contributed by atoms with Crippen molar-refractivity contribution in [3.63, 3.8) is 0 Å². The quantitative estimate of drug-likeness (QED) is 0.0262. The largest absolute Gasteiger partial charge is 0.462 e. The molecule has 0 spiro atoms. The fourth-order valence-electron chi connectivity index (χ4n) is 7.05. The molecule has 0 aliphatic carbocycles. The highest BCUT2D eigenvalue weighted by atomic mass is 16.6. The van der Waals surface area contributed by atoms with Crippen LogP contribution in [0.2, 0.25) is 0 Å². The van der Waals surface area contributed by atoms with E-state index in [1.54, 1.807) is 0 Å². The van der Waals surface area contributed by atoms with Crippen LogP contribution >= 0.6 is 0 Å². The van der Waals surface area contributed by atoms with Crippen molar-refractivity contribution in [2.75, 3.05) is 13.2 Å². The van der Waals surface area contributed by atoms with Crippen LogP contribution in [0.5, 0.6) is 0 Å². The van der Waals surface area contributed by atoms with Gasteiger partial charge in [0.2, 0.25) is 0 Å². The zero-order valence-electron chi connectivity index (χ0n) is 42.7. The topological polar surface area (TPSA) is 78.9 Å². The number of hydrogen-bond donors (Lipinski definition) is 0. The fraction of sp³-hybridized carbons (Fsp3) is 0.650. The smallest absolute Gasteiger partial charge is 0.306 e. The first-order valence-electron chi connectivity index (χ1n) is 26.9. The lowest BCUT2D eigenvalue weighted by molar-refractivity contribution is -0.167. The van der Waals surface area contributed by atoms with Gasteiger partial charge in [-0.15, -0.1) is 0 Å². The summed E-state index contributed by atoms with van der Waals surface area (Å²) in [6.45, 7) is 6.34. The minimum atomic E-state index is -0.804. The second-order valence-corrected chi connectivity index (χ2v) is 17.4. The lowest BCUT2D eigenvalue weighted by atomic mass is 10.1. The molecule has 0 amide bonds. The van der Waals surface area contributed by atoms with Gasteiger partial charge in [-0.2, -0.15) is 0 Å². The predicted octanol–water partition coefficient (Wildman–Crippen LogP) is 17.9. The molecule has 0 radical (unpaired) electrons. The molecule has 0 aliphatic rings. The van der Waals surface area contributed by atoms with Gasteiger partial charge in [0.15, 0.2) is 6.10 Å². The number of carbonyl (C=O) groups excluding carboxylic acids is 3. The number of hydrogen-bond acceptors (Lipinski definition) is 6. The Morgan fingerprint density at radius 2 is 0.591 bits per heavy atom. The molecular formula is C60H98O6. The van der Waals surface area contributed by atoms with Crippen molar-refractivity contribution in [3.8, 4) is 0 Å². The van der Waals surface area contributed by atoms with Crippen LogP contribution < -0.4 is 0 Å². The summed E-state index contributed by atoms with van der Waals surface area (Å²) in [5.41, 5.74) is 0. The van der Waals surface area contributed by atoms with Crippen LogP contribution in [0.25, 0.3) is 0 Å². The summed E-state index contributed by atoms with van der Waals surface area (Å²) in [4.78, 5) is 38.0. The molecule has 6 nitrogen and oxygen atoms in total. The number of ether oxygens (including phenoxy) is 3. The molecule has 0 heterocycles. The maximum absolute atomic E-state index is 12.8. The minimum Gasteiger partial charge on any atom is -0.462 e. The number of rotatable bonds is 47. The Morgan fingerprint density at radius 3 is 0.955 bits per heavy atom. The lowest BCUT2D eigenvalue weighted by Gasteiger charge is -2.18. The van der Waals surface area contributed by atoms with Gasteiger partial charge >= 0.3 is 17.9 Å². The van der Waals surface area contributed by atoms with Gasteiger partial charge in [-0.1, -0.05) is 220 Å². The first-order valence-corrected chi connectivity index (χ1v) is 26.9. The standard InChI is InChI=1S/C60H98O6/c1-4-7-10-13-16-19-22-24-26-27-28-29-30-31-32-33-35-36-38-41-44-47-50-53-59(62)65-56-57(55-64-58(61)52-49-46-43-40-21-18-15-12-9-6-3)66-60(63)54-51-48-45-42-39-37-34-25-23-20-17-14-11-8-5-2/h7-8,10-11,16-17,19-20,24-26,28-29,31-32,34,39,42,57H,4-6,9,12-15,18,21-23,27,30,33,35-38,40-41,43-56H2,1-3H3/b10-7-,11-8-,19-16-,20-17-,26-24-,29-28-,32-31-,34-25-,42-39-. The highest BCUT2D eigenvalue weighted by molar-refractivity contribution is 5.71. The van der Waals surface area contributed by atoms with Crippen LogP contribution in [0, 0.1) is 0 Å². The second kappa shape index (κ2) is 53.7. The summed E-state index contributed by atoms with van der Waals surface area (Å²) >= 11 is 0. The predicted molar refractivity (Wildman–Crippen MR) is 283 cm³/mol. The third-order valence-corrected chi connectivity index (χ3v) is 11.0. The molecule has 6 heteroatoms. The molecule has 0 aliphatic heterocycles. The van der Waals surface area contributed by atoms with Crippen molar-refractivity contribution in [2.24, 2.45) is 0 Å². The van der Waals surface area contributed by atoms with Crippen LogP contribution in [0.4, 0.5) is 0 Å². The average Bonchev–Trinajstić information content (AvgIpc) is 3.31. The zero-order chi connectivity index (χ0) is 47.9. The zero-order valence-corrected chi connectivity index (χ0v) is 42.7. The highest BCUT2D eigenvalue weighted by Gasteiger charge is 2.19. The summed E-state index contributed by atoms with van der Waals surface area (Å²) < 4.78 is 16.8. The Hall–Kier alpha value is -3.93. The molecule has 1 atom stereocenters. The molecule has 0 aromatic rings. The monoisotopic (exact) mass is 915 g/mol. The van der Waals surface area contributed by atoms with Gasteiger partial charge in [0.05, 0.1) is 0 Å². The lowest BCUT2D eigenvalue weighted by Crippen LogP contribution is -2.30. The second-order valence-electron chi connectivity index (χ2n) is 17.4. The molecule has 0 N–H and O–H groups in total. The summed E-state index contributed by atoms with van der Waals surface area (Å²) in [6.07, 6.45) is 72.2. The maximum atomic E-state index is 12.8. The molecular weight excluding hydrogens is 817 g/mol. The van der Waals surface area contributed by atoms with Gasteiger partial charge in [0, 0.05) is 19.3 Å². The van der Waals surface area contributed by atoms with Crippen molar-refractivity contribution in [1.82, 2.24) is 0 Å². The normalized spacial score (nSPS) is 13.0. The van der Waals surface area contributed by atoms with E-state index < -0.39 is 6.10 Å². The van der Waals surface area contributed by atoms with Gasteiger partial charge in [-0.05, 0) is 103 Å². The van der Waals surface area contributed by atoms with Crippen molar-refractivity contribution in [2.45, 2.75) is 239 Å². The molecule has 0 rings (SSSR count). The van der Waals surface area contributed by atoms with Gasteiger partial charge in [0.1, 0.15) is 13.2 Å². The van der Waals surface area contributed by atoms with E-state index in [-0.39, 0.29) is 37.5 Å². The summed E-state index contributed by atoms with van der Waals surface area (Å²) in [5.74, 6) is -0.957. The van der Waals surface area contributed by atoms with Crippen molar-refractivity contribution in [3.05, 3.63) is 109 Å². The van der Waals surface area contributed by atoms with Gasteiger partial charge in [0.25, 0.3) is 0 Å². The molecule has 0 saturated heterocycles. The van der Waals surface area contributed by atoms with E-state index in [0.29, 0.717) is 19.3 Å². The fourth-order valence-corrected chi connectivity index (χ4v) is 7.05. The van der Waals surface area contributed by atoms with Crippen LogP contribution in [0.3, 0.4) is 0 Å². The van der Waals surface area contributed by atoms with Crippen LogP contribution in [0.15, 0.2) is 109 Å². The Kier molecular flexibility index (Phi) is 50.5. The van der Waals surface area contributed by atoms with Crippen LogP contribution in [0.1, 0.15) is 233 Å². The van der Waals surface area contributed by atoms with Gasteiger partial charge in [-0.25, -0.2) is 0 Å². The van der Waals surface area contributed by atoms with Crippen molar-refractivity contribution in [1.29, 1.82) is 0 Å². The van der Waals surface area contributed by atoms with E-state index in [9.17, 15) is 14.4 Å². The van der Waals surface area contributed by atoms with E-state index in [1.165, 1.54) is 70.6 Å². The van der Waals surface area contributed by atoms with Crippen LogP contribution in [-0.2, 0) is 28.6 Å². The van der Waals surface area contributed by atoms with Gasteiger partial charge < -0.3 is 14.2 Å². The summed E-state index contributed by atoms with van der Waals surface area (Å²) in [5, 5.41) is 0. The molecule has 374 valence electrons. The van der Waals surface area contributed by atoms with E-state index in [4.69, 9.17) is 14.2 Å². The van der Waals surface area contributed by atoms with Crippen molar-refractivity contribution >= 4 is 17.9 Å². The number of esters is 3.